The minimum absolute atomic E-state index is 0.756. The van der Waals surface area contributed by atoms with Crippen LogP contribution in [0, 0.1) is 5.92 Å². The number of likely N-dealkylation sites (tertiary alicyclic amines) is 1. The summed E-state index contributed by atoms with van der Waals surface area (Å²) >= 11 is 0. The van der Waals surface area contributed by atoms with Crippen molar-refractivity contribution in [1.82, 2.24) is 4.90 Å². The predicted octanol–water partition coefficient (Wildman–Crippen LogP) is 2.99. The number of hydrogen-bond donors (Lipinski definition) is 1. The maximum absolute atomic E-state index is 5.80. The van der Waals surface area contributed by atoms with Gasteiger partial charge in [0.2, 0.25) is 0 Å². The average molecular weight is 258 g/mol. The summed E-state index contributed by atoms with van der Waals surface area (Å²) in [6.45, 7) is 3.40. The molecule has 19 heavy (non-hydrogen) atoms. The SMILES string of the molecule is NCC1CCN(C2CCC(c3ccccc3)CC2)C1. The molecule has 1 saturated heterocycles. The second-order valence-corrected chi connectivity index (χ2v) is 6.30. The monoisotopic (exact) mass is 258 g/mol. The second kappa shape index (κ2) is 6.06. The van der Waals surface area contributed by atoms with Crippen LogP contribution < -0.4 is 5.73 Å². The van der Waals surface area contributed by atoms with E-state index in [-0.39, 0.29) is 0 Å². The van der Waals surface area contributed by atoms with Gasteiger partial charge in [-0.2, -0.15) is 0 Å². The maximum atomic E-state index is 5.80. The summed E-state index contributed by atoms with van der Waals surface area (Å²) in [4.78, 5) is 2.71. The summed E-state index contributed by atoms with van der Waals surface area (Å²) < 4.78 is 0. The number of rotatable bonds is 3. The molecule has 2 fully saturated rings. The van der Waals surface area contributed by atoms with E-state index in [0.29, 0.717) is 0 Å². The summed E-state index contributed by atoms with van der Waals surface area (Å²) in [5.41, 5.74) is 7.34. The Bertz CT molecular complexity index is 382. The molecule has 0 amide bonds. The molecular formula is C17H26N2. The van der Waals surface area contributed by atoms with E-state index < -0.39 is 0 Å². The first kappa shape index (κ1) is 13.1. The maximum Gasteiger partial charge on any atom is 0.00958 e. The van der Waals surface area contributed by atoms with Crippen molar-refractivity contribution in [2.24, 2.45) is 11.7 Å². The van der Waals surface area contributed by atoms with Gasteiger partial charge < -0.3 is 10.6 Å². The second-order valence-electron chi connectivity index (χ2n) is 6.30. The van der Waals surface area contributed by atoms with E-state index in [1.54, 1.807) is 5.56 Å². The standard InChI is InChI=1S/C17H26N2/c18-12-14-10-11-19(13-14)17-8-6-16(7-9-17)15-4-2-1-3-5-15/h1-5,14,16-17H,6-13,18H2. The van der Waals surface area contributed by atoms with Gasteiger partial charge in [0.1, 0.15) is 0 Å². The van der Waals surface area contributed by atoms with Gasteiger partial charge in [-0.15, -0.1) is 0 Å². The molecule has 1 aromatic carbocycles. The summed E-state index contributed by atoms with van der Waals surface area (Å²) in [7, 11) is 0. The third kappa shape index (κ3) is 3.01. The van der Waals surface area contributed by atoms with Crippen LogP contribution in [-0.4, -0.2) is 30.6 Å². The lowest BCUT2D eigenvalue weighted by molar-refractivity contribution is 0.176. The van der Waals surface area contributed by atoms with Gasteiger partial charge in [0, 0.05) is 12.6 Å². The predicted molar refractivity (Wildman–Crippen MR) is 80.2 cm³/mol. The zero-order valence-electron chi connectivity index (χ0n) is 11.8. The van der Waals surface area contributed by atoms with Crippen molar-refractivity contribution in [3.63, 3.8) is 0 Å². The van der Waals surface area contributed by atoms with Crippen LogP contribution in [0.25, 0.3) is 0 Å². The highest BCUT2D eigenvalue weighted by atomic mass is 15.2. The lowest BCUT2D eigenvalue weighted by Crippen LogP contribution is -2.36. The van der Waals surface area contributed by atoms with Crippen LogP contribution in [0.1, 0.15) is 43.6 Å². The van der Waals surface area contributed by atoms with Crippen LogP contribution in [0.2, 0.25) is 0 Å². The van der Waals surface area contributed by atoms with E-state index in [1.807, 2.05) is 0 Å². The first-order chi connectivity index (χ1) is 9.36. The Morgan fingerprint density at radius 2 is 1.74 bits per heavy atom. The van der Waals surface area contributed by atoms with E-state index in [2.05, 4.69) is 35.2 Å². The molecule has 2 N–H and O–H groups in total. The van der Waals surface area contributed by atoms with Crippen molar-refractivity contribution in [1.29, 1.82) is 0 Å². The largest absolute Gasteiger partial charge is 0.330 e. The Hall–Kier alpha value is -0.860. The van der Waals surface area contributed by atoms with Gasteiger partial charge >= 0.3 is 0 Å². The lowest BCUT2D eigenvalue weighted by atomic mass is 9.81. The molecule has 1 saturated carbocycles. The highest BCUT2D eigenvalue weighted by Crippen LogP contribution is 2.36. The summed E-state index contributed by atoms with van der Waals surface area (Å²) in [5.74, 6) is 1.55. The van der Waals surface area contributed by atoms with Gasteiger partial charge in [-0.05, 0) is 62.6 Å². The fourth-order valence-corrected chi connectivity index (χ4v) is 3.89. The first-order valence-corrected chi connectivity index (χ1v) is 7.86. The van der Waals surface area contributed by atoms with E-state index in [9.17, 15) is 0 Å². The van der Waals surface area contributed by atoms with Crippen LogP contribution in [0.4, 0.5) is 0 Å². The molecule has 0 radical (unpaired) electrons. The molecule has 1 heterocycles. The van der Waals surface area contributed by atoms with Crippen molar-refractivity contribution in [3.05, 3.63) is 35.9 Å². The normalized spacial score (nSPS) is 32.6. The molecule has 1 aliphatic carbocycles. The molecule has 1 aliphatic heterocycles. The molecule has 0 aromatic heterocycles. The van der Waals surface area contributed by atoms with Crippen LogP contribution in [0.5, 0.6) is 0 Å². The number of benzene rings is 1. The Kier molecular flexibility index (Phi) is 4.19. The topological polar surface area (TPSA) is 29.3 Å². The Morgan fingerprint density at radius 1 is 1.00 bits per heavy atom. The zero-order chi connectivity index (χ0) is 13.1. The summed E-state index contributed by atoms with van der Waals surface area (Å²) in [5, 5.41) is 0. The number of nitrogens with zero attached hydrogens (tertiary/aromatic N) is 1. The van der Waals surface area contributed by atoms with Crippen molar-refractivity contribution < 1.29 is 0 Å². The van der Waals surface area contributed by atoms with Crippen LogP contribution >= 0.6 is 0 Å². The van der Waals surface area contributed by atoms with E-state index in [4.69, 9.17) is 5.73 Å². The molecule has 1 unspecified atom stereocenters. The Labute approximate surface area is 117 Å². The summed E-state index contributed by atoms with van der Waals surface area (Å²) in [6.07, 6.45) is 6.78. The van der Waals surface area contributed by atoms with Gasteiger partial charge in [-0.25, -0.2) is 0 Å². The highest BCUT2D eigenvalue weighted by Gasteiger charge is 2.30. The van der Waals surface area contributed by atoms with E-state index >= 15 is 0 Å². The van der Waals surface area contributed by atoms with Gasteiger partial charge in [0.05, 0.1) is 0 Å². The van der Waals surface area contributed by atoms with Crippen LogP contribution in [-0.2, 0) is 0 Å². The summed E-state index contributed by atoms with van der Waals surface area (Å²) in [6, 6.07) is 11.9. The zero-order valence-corrected chi connectivity index (χ0v) is 11.8. The third-order valence-corrected chi connectivity index (χ3v) is 5.13. The van der Waals surface area contributed by atoms with Crippen molar-refractivity contribution >= 4 is 0 Å². The lowest BCUT2D eigenvalue weighted by Gasteiger charge is -2.35. The Morgan fingerprint density at radius 3 is 2.37 bits per heavy atom. The van der Waals surface area contributed by atoms with E-state index in [1.165, 1.54) is 45.2 Å². The molecule has 2 aliphatic rings. The average Bonchev–Trinajstić information content (AvgIpc) is 2.97. The fourth-order valence-electron chi connectivity index (χ4n) is 3.89. The molecule has 1 atom stereocenters. The quantitative estimate of drug-likeness (QED) is 0.903. The van der Waals surface area contributed by atoms with Crippen molar-refractivity contribution in [3.8, 4) is 0 Å². The minimum Gasteiger partial charge on any atom is -0.330 e. The molecular weight excluding hydrogens is 232 g/mol. The van der Waals surface area contributed by atoms with Crippen molar-refractivity contribution in [2.75, 3.05) is 19.6 Å². The van der Waals surface area contributed by atoms with Gasteiger partial charge in [-0.3, -0.25) is 0 Å². The molecule has 104 valence electrons. The van der Waals surface area contributed by atoms with Gasteiger partial charge in [0.15, 0.2) is 0 Å². The number of hydrogen-bond acceptors (Lipinski definition) is 2. The molecule has 0 spiro atoms. The molecule has 2 heteroatoms. The Balaban J connectivity index is 1.53. The van der Waals surface area contributed by atoms with Gasteiger partial charge in [0.25, 0.3) is 0 Å². The third-order valence-electron chi connectivity index (χ3n) is 5.13. The van der Waals surface area contributed by atoms with Crippen LogP contribution in [0.15, 0.2) is 30.3 Å². The molecule has 3 rings (SSSR count). The smallest absolute Gasteiger partial charge is 0.00958 e. The van der Waals surface area contributed by atoms with Crippen molar-refractivity contribution in [2.45, 2.75) is 44.1 Å². The molecule has 1 aromatic rings. The van der Waals surface area contributed by atoms with Gasteiger partial charge in [-0.1, -0.05) is 30.3 Å². The first-order valence-electron chi connectivity index (χ1n) is 7.86. The highest BCUT2D eigenvalue weighted by molar-refractivity contribution is 5.20. The fraction of sp³-hybridized carbons (Fsp3) is 0.647. The minimum atomic E-state index is 0.756. The molecule has 0 bridgehead atoms. The van der Waals surface area contributed by atoms with E-state index in [0.717, 1.165) is 24.4 Å². The van der Waals surface area contributed by atoms with Crippen LogP contribution in [0.3, 0.4) is 0 Å². The molecule has 2 nitrogen and oxygen atoms in total. The number of nitrogens with two attached hydrogens (primary N) is 1.